The molecule has 0 aliphatic heterocycles. The summed E-state index contributed by atoms with van der Waals surface area (Å²) in [6, 6.07) is 8.16. The number of anilines is 1. The Kier molecular flexibility index (Phi) is 4.42. The van der Waals surface area contributed by atoms with Crippen LogP contribution in [0.3, 0.4) is 0 Å². The molecular formula is C14H18BrN3. The summed E-state index contributed by atoms with van der Waals surface area (Å²) < 4.78 is 3.30. The molecule has 0 fully saturated rings. The van der Waals surface area contributed by atoms with Gasteiger partial charge in [0.25, 0.3) is 0 Å². The Bertz CT molecular complexity index is 505. The molecule has 0 radical (unpaired) electrons. The first kappa shape index (κ1) is 13.1. The Labute approximate surface area is 116 Å². The van der Waals surface area contributed by atoms with Gasteiger partial charge in [0.2, 0.25) is 0 Å². The van der Waals surface area contributed by atoms with E-state index < -0.39 is 0 Å². The van der Waals surface area contributed by atoms with Crippen molar-refractivity contribution in [1.82, 2.24) is 9.55 Å². The fourth-order valence-corrected chi connectivity index (χ4v) is 2.35. The van der Waals surface area contributed by atoms with Gasteiger partial charge in [-0.3, -0.25) is 0 Å². The van der Waals surface area contributed by atoms with E-state index in [4.69, 9.17) is 0 Å². The molecule has 4 heteroatoms. The highest BCUT2D eigenvalue weighted by Crippen LogP contribution is 2.21. The van der Waals surface area contributed by atoms with Crippen molar-refractivity contribution in [2.75, 3.05) is 11.9 Å². The van der Waals surface area contributed by atoms with Gasteiger partial charge in [0.1, 0.15) is 5.82 Å². The minimum absolute atomic E-state index is 0.462. The lowest BCUT2D eigenvalue weighted by molar-refractivity contribution is 0.637. The molecule has 0 saturated heterocycles. The lowest BCUT2D eigenvalue weighted by Crippen LogP contribution is -2.13. The number of hydrogen-bond donors (Lipinski definition) is 1. The van der Waals surface area contributed by atoms with E-state index in [9.17, 15) is 0 Å². The van der Waals surface area contributed by atoms with Crippen LogP contribution < -0.4 is 5.32 Å². The van der Waals surface area contributed by atoms with E-state index in [1.165, 1.54) is 0 Å². The lowest BCUT2D eigenvalue weighted by Gasteiger charge is -2.12. The number of aromatic nitrogens is 2. The summed E-state index contributed by atoms with van der Waals surface area (Å²) in [4.78, 5) is 4.38. The van der Waals surface area contributed by atoms with Crippen molar-refractivity contribution >= 4 is 21.6 Å². The fourth-order valence-electron chi connectivity index (χ4n) is 1.93. The third-order valence-electron chi connectivity index (χ3n) is 2.81. The maximum Gasteiger partial charge on any atom is 0.111 e. The Morgan fingerprint density at radius 1 is 1.33 bits per heavy atom. The van der Waals surface area contributed by atoms with Gasteiger partial charge in [-0.2, -0.15) is 0 Å². The molecule has 96 valence electrons. The summed E-state index contributed by atoms with van der Waals surface area (Å²) >= 11 is 3.53. The van der Waals surface area contributed by atoms with Crippen molar-refractivity contribution in [2.24, 2.45) is 0 Å². The zero-order valence-electron chi connectivity index (χ0n) is 10.7. The van der Waals surface area contributed by atoms with Crippen LogP contribution in [0.25, 0.3) is 0 Å². The normalized spacial score (nSPS) is 10.9. The Hall–Kier alpha value is -1.29. The van der Waals surface area contributed by atoms with Gasteiger partial charge in [-0.05, 0) is 28.1 Å². The second kappa shape index (κ2) is 6.05. The van der Waals surface area contributed by atoms with Crippen molar-refractivity contribution in [3.8, 4) is 0 Å². The van der Waals surface area contributed by atoms with E-state index in [2.05, 4.69) is 50.7 Å². The van der Waals surface area contributed by atoms with Crippen LogP contribution >= 0.6 is 15.9 Å². The van der Waals surface area contributed by atoms with Crippen molar-refractivity contribution in [3.63, 3.8) is 0 Å². The number of rotatable bonds is 5. The van der Waals surface area contributed by atoms with Gasteiger partial charge in [-0.25, -0.2) is 4.98 Å². The third-order valence-corrected chi connectivity index (χ3v) is 3.50. The molecule has 0 atom stereocenters. The molecule has 0 aliphatic carbocycles. The summed E-state index contributed by atoms with van der Waals surface area (Å²) in [5, 5.41) is 3.42. The number of imidazole rings is 1. The van der Waals surface area contributed by atoms with Crippen molar-refractivity contribution < 1.29 is 0 Å². The van der Waals surface area contributed by atoms with E-state index in [0.29, 0.717) is 5.92 Å². The molecule has 18 heavy (non-hydrogen) atoms. The van der Waals surface area contributed by atoms with Crippen molar-refractivity contribution in [1.29, 1.82) is 0 Å². The fraction of sp³-hybridized carbons (Fsp3) is 0.357. The molecule has 0 spiro atoms. The van der Waals surface area contributed by atoms with Gasteiger partial charge >= 0.3 is 0 Å². The molecule has 1 aromatic carbocycles. The lowest BCUT2D eigenvalue weighted by atomic mass is 10.2. The van der Waals surface area contributed by atoms with Crippen LogP contribution in [0.5, 0.6) is 0 Å². The van der Waals surface area contributed by atoms with Gasteiger partial charge in [-0.1, -0.05) is 26.0 Å². The van der Waals surface area contributed by atoms with Gasteiger partial charge in [0, 0.05) is 41.6 Å². The zero-order chi connectivity index (χ0) is 13.0. The summed E-state index contributed by atoms with van der Waals surface area (Å²) in [6.07, 6.45) is 3.91. The third kappa shape index (κ3) is 3.13. The highest BCUT2D eigenvalue weighted by Gasteiger charge is 2.06. The second-order valence-corrected chi connectivity index (χ2v) is 5.39. The number of benzene rings is 1. The molecule has 0 unspecified atom stereocenters. The van der Waals surface area contributed by atoms with Crippen LogP contribution in [0.15, 0.2) is 41.1 Å². The summed E-state index contributed by atoms with van der Waals surface area (Å²) in [5.41, 5.74) is 1.13. The number of nitrogens with one attached hydrogen (secondary N) is 1. The number of nitrogens with zero attached hydrogens (tertiary/aromatic N) is 2. The van der Waals surface area contributed by atoms with Gasteiger partial charge in [0.05, 0.1) is 0 Å². The van der Waals surface area contributed by atoms with Crippen LogP contribution in [0, 0.1) is 0 Å². The number of hydrogen-bond acceptors (Lipinski definition) is 2. The van der Waals surface area contributed by atoms with E-state index >= 15 is 0 Å². The van der Waals surface area contributed by atoms with Crippen LogP contribution in [0.1, 0.15) is 25.6 Å². The molecule has 0 bridgehead atoms. The molecule has 1 aromatic heterocycles. The van der Waals surface area contributed by atoms with Crippen molar-refractivity contribution in [2.45, 2.75) is 26.3 Å². The number of para-hydroxylation sites is 1. The first-order chi connectivity index (χ1) is 8.68. The topological polar surface area (TPSA) is 29.9 Å². The van der Waals surface area contributed by atoms with Crippen LogP contribution in [0.4, 0.5) is 5.69 Å². The molecule has 0 aliphatic rings. The van der Waals surface area contributed by atoms with E-state index in [1.807, 2.05) is 30.6 Å². The average Bonchev–Trinajstić information content (AvgIpc) is 2.80. The summed E-state index contributed by atoms with van der Waals surface area (Å²) in [6.45, 7) is 6.15. The molecule has 2 rings (SSSR count). The van der Waals surface area contributed by atoms with Crippen molar-refractivity contribution in [3.05, 3.63) is 47.0 Å². The van der Waals surface area contributed by atoms with Gasteiger partial charge in [0.15, 0.2) is 0 Å². The summed E-state index contributed by atoms with van der Waals surface area (Å²) in [7, 11) is 0. The Morgan fingerprint density at radius 2 is 2.11 bits per heavy atom. The van der Waals surface area contributed by atoms with E-state index in [-0.39, 0.29) is 0 Å². The molecule has 2 aromatic rings. The van der Waals surface area contributed by atoms with Gasteiger partial charge in [-0.15, -0.1) is 0 Å². The minimum atomic E-state index is 0.462. The van der Waals surface area contributed by atoms with E-state index in [1.54, 1.807) is 0 Å². The van der Waals surface area contributed by atoms with Crippen LogP contribution in [-0.4, -0.2) is 16.1 Å². The first-order valence-electron chi connectivity index (χ1n) is 6.18. The quantitative estimate of drug-likeness (QED) is 0.908. The smallest absolute Gasteiger partial charge is 0.111 e. The molecule has 3 nitrogen and oxygen atoms in total. The van der Waals surface area contributed by atoms with Gasteiger partial charge < -0.3 is 9.88 Å². The monoisotopic (exact) mass is 307 g/mol. The van der Waals surface area contributed by atoms with E-state index in [0.717, 1.165) is 29.1 Å². The highest BCUT2D eigenvalue weighted by atomic mass is 79.9. The highest BCUT2D eigenvalue weighted by molar-refractivity contribution is 9.10. The first-order valence-corrected chi connectivity index (χ1v) is 6.97. The predicted octanol–water partition coefficient (Wildman–Crippen LogP) is 3.88. The SMILES string of the molecule is CC(C)c1nccn1CCNc1ccccc1Br. The molecular weight excluding hydrogens is 290 g/mol. The van der Waals surface area contributed by atoms with Crippen LogP contribution in [0.2, 0.25) is 0 Å². The maximum atomic E-state index is 4.38. The second-order valence-electron chi connectivity index (χ2n) is 4.54. The molecule has 1 N–H and O–H groups in total. The number of halogens is 1. The molecule has 0 amide bonds. The average molecular weight is 308 g/mol. The Morgan fingerprint density at radius 3 is 2.83 bits per heavy atom. The standard InChI is InChI=1S/C14H18BrN3/c1-11(2)14-17-8-10-18(14)9-7-16-13-6-4-3-5-12(13)15/h3-6,8,10-11,16H,7,9H2,1-2H3. The minimum Gasteiger partial charge on any atom is -0.382 e. The summed E-state index contributed by atoms with van der Waals surface area (Å²) in [5.74, 6) is 1.60. The van der Waals surface area contributed by atoms with Crippen LogP contribution in [-0.2, 0) is 6.54 Å². The zero-order valence-corrected chi connectivity index (χ0v) is 12.3. The molecule has 0 saturated carbocycles. The maximum absolute atomic E-state index is 4.38. The molecule has 1 heterocycles. The Balaban J connectivity index is 1.93. The largest absolute Gasteiger partial charge is 0.382 e. The predicted molar refractivity (Wildman–Crippen MR) is 78.9 cm³/mol.